The molecule has 1 fully saturated rings. The Bertz CT molecular complexity index is 479. The minimum atomic E-state index is 0.115. The van der Waals surface area contributed by atoms with E-state index in [0.717, 1.165) is 37.1 Å². The van der Waals surface area contributed by atoms with Crippen molar-refractivity contribution in [2.24, 2.45) is 0 Å². The topological polar surface area (TPSA) is 62.7 Å². The third kappa shape index (κ3) is 4.13. The molecule has 0 spiro atoms. The van der Waals surface area contributed by atoms with Gasteiger partial charge in [-0.25, -0.2) is 4.98 Å². The van der Waals surface area contributed by atoms with Crippen molar-refractivity contribution in [3.8, 4) is 0 Å². The van der Waals surface area contributed by atoms with E-state index >= 15 is 0 Å². The van der Waals surface area contributed by atoms with E-state index in [0.29, 0.717) is 12.0 Å². The molecule has 1 aromatic rings. The number of aromatic nitrogens is 3. The molecule has 0 radical (unpaired) electrons. The normalized spacial score (nSPS) is 21.2. The van der Waals surface area contributed by atoms with E-state index < -0.39 is 0 Å². The third-order valence-corrected chi connectivity index (χ3v) is 4.03. The van der Waals surface area contributed by atoms with Crippen molar-refractivity contribution in [1.82, 2.24) is 20.5 Å². The Labute approximate surface area is 128 Å². The predicted molar refractivity (Wildman–Crippen MR) is 86.5 cm³/mol. The lowest BCUT2D eigenvalue weighted by Gasteiger charge is -2.46. The summed E-state index contributed by atoms with van der Waals surface area (Å²) < 4.78 is 0. The Balaban J connectivity index is 2.14. The second-order valence-corrected chi connectivity index (χ2v) is 7.38. The van der Waals surface area contributed by atoms with E-state index in [4.69, 9.17) is 0 Å². The van der Waals surface area contributed by atoms with Gasteiger partial charge < -0.3 is 10.6 Å². The molecule has 2 rings (SSSR count). The Kier molecular flexibility index (Phi) is 4.51. The molecule has 1 aromatic heterocycles. The summed E-state index contributed by atoms with van der Waals surface area (Å²) >= 11 is 0. The van der Waals surface area contributed by atoms with Gasteiger partial charge in [-0.05, 0) is 53.4 Å². The molecule has 0 amide bonds. The molecular weight excluding hydrogens is 262 g/mol. The molecule has 118 valence electrons. The van der Waals surface area contributed by atoms with Crippen molar-refractivity contribution >= 4 is 5.95 Å². The largest absolute Gasteiger partial charge is 0.350 e. The Hall–Kier alpha value is -1.23. The lowest BCUT2D eigenvalue weighted by atomic mass is 9.80. The number of hydrogen-bond acceptors (Lipinski definition) is 5. The lowest BCUT2D eigenvalue weighted by Crippen LogP contribution is -2.60. The number of nitrogens with zero attached hydrogens (tertiary/aromatic N) is 3. The molecule has 0 atom stereocenters. The van der Waals surface area contributed by atoms with Crippen LogP contribution in [0.25, 0.3) is 0 Å². The van der Waals surface area contributed by atoms with E-state index in [9.17, 15) is 0 Å². The summed E-state index contributed by atoms with van der Waals surface area (Å²) in [5.74, 6) is 0.669. The first-order valence-electron chi connectivity index (χ1n) is 8.03. The molecule has 1 aliphatic heterocycles. The van der Waals surface area contributed by atoms with Crippen LogP contribution in [0.15, 0.2) is 0 Å². The summed E-state index contributed by atoms with van der Waals surface area (Å²) in [7, 11) is 0. The average Bonchev–Trinajstić information content (AvgIpc) is 2.34. The van der Waals surface area contributed by atoms with Crippen LogP contribution in [0, 0.1) is 0 Å². The standard InChI is InChI=1S/C16H29N5/c1-7-12-13(8-2)19-20-14(18-12)17-11-9-15(3,4)21-16(5,6)10-11/h11,21H,7-10H2,1-6H3,(H,17,18,20). The molecule has 0 bridgehead atoms. The van der Waals surface area contributed by atoms with Gasteiger partial charge in [-0.15, -0.1) is 5.10 Å². The summed E-state index contributed by atoms with van der Waals surface area (Å²) in [5.41, 5.74) is 2.30. The predicted octanol–water partition coefficient (Wildman–Crippen LogP) is 2.72. The summed E-state index contributed by atoms with van der Waals surface area (Å²) in [6.45, 7) is 13.2. The van der Waals surface area contributed by atoms with Crippen LogP contribution < -0.4 is 10.6 Å². The Morgan fingerprint density at radius 3 is 2.10 bits per heavy atom. The van der Waals surface area contributed by atoms with E-state index in [2.05, 4.69) is 67.4 Å². The minimum absolute atomic E-state index is 0.115. The first-order chi connectivity index (χ1) is 9.74. The van der Waals surface area contributed by atoms with Gasteiger partial charge >= 0.3 is 0 Å². The monoisotopic (exact) mass is 291 g/mol. The molecule has 1 aliphatic rings. The van der Waals surface area contributed by atoms with Gasteiger partial charge in [-0.3, -0.25) is 0 Å². The van der Waals surface area contributed by atoms with Crippen LogP contribution in [0.4, 0.5) is 5.95 Å². The number of piperidine rings is 1. The zero-order chi connectivity index (χ0) is 15.7. The number of hydrogen-bond donors (Lipinski definition) is 2. The maximum absolute atomic E-state index is 4.65. The van der Waals surface area contributed by atoms with Gasteiger partial charge in [0, 0.05) is 17.1 Å². The van der Waals surface area contributed by atoms with Crippen molar-refractivity contribution < 1.29 is 0 Å². The molecule has 0 unspecified atom stereocenters. The quantitative estimate of drug-likeness (QED) is 0.893. The van der Waals surface area contributed by atoms with Gasteiger partial charge in [0.05, 0.1) is 11.4 Å². The fourth-order valence-corrected chi connectivity index (χ4v) is 3.61. The molecule has 0 aliphatic carbocycles. The summed E-state index contributed by atoms with van der Waals surface area (Å²) in [6.07, 6.45) is 3.89. The first-order valence-corrected chi connectivity index (χ1v) is 8.03. The number of anilines is 1. The average molecular weight is 291 g/mol. The van der Waals surface area contributed by atoms with Gasteiger partial charge in [-0.1, -0.05) is 13.8 Å². The van der Waals surface area contributed by atoms with Crippen LogP contribution in [0.5, 0.6) is 0 Å². The van der Waals surface area contributed by atoms with E-state index in [1.54, 1.807) is 0 Å². The van der Waals surface area contributed by atoms with Crippen molar-refractivity contribution in [2.45, 2.75) is 84.3 Å². The highest BCUT2D eigenvalue weighted by atomic mass is 15.3. The third-order valence-electron chi connectivity index (χ3n) is 4.03. The molecule has 2 heterocycles. The van der Waals surface area contributed by atoms with Crippen molar-refractivity contribution in [2.75, 3.05) is 5.32 Å². The smallest absolute Gasteiger partial charge is 0.243 e. The van der Waals surface area contributed by atoms with Crippen LogP contribution in [0.1, 0.15) is 65.8 Å². The van der Waals surface area contributed by atoms with Crippen LogP contribution in [-0.4, -0.2) is 32.3 Å². The number of nitrogens with one attached hydrogen (secondary N) is 2. The van der Waals surface area contributed by atoms with E-state index in [-0.39, 0.29) is 11.1 Å². The fraction of sp³-hybridized carbons (Fsp3) is 0.812. The number of aryl methyl sites for hydroxylation is 2. The second kappa shape index (κ2) is 5.87. The maximum atomic E-state index is 4.65. The Morgan fingerprint density at radius 2 is 1.57 bits per heavy atom. The van der Waals surface area contributed by atoms with E-state index in [1.165, 1.54) is 0 Å². The van der Waals surface area contributed by atoms with Crippen LogP contribution in [0.3, 0.4) is 0 Å². The SMILES string of the molecule is CCc1nnc(NC2CC(C)(C)NC(C)(C)C2)nc1CC. The van der Waals surface area contributed by atoms with Crippen molar-refractivity contribution in [1.29, 1.82) is 0 Å². The molecule has 0 aromatic carbocycles. The highest BCUT2D eigenvalue weighted by Gasteiger charge is 2.37. The van der Waals surface area contributed by atoms with Crippen LogP contribution in [-0.2, 0) is 12.8 Å². The van der Waals surface area contributed by atoms with Gasteiger partial charge in [0.25, 0.3) is 0 Å². The van der Waals surface area contributed by atoms with Crippen LogP contribution >= 0.6 is 0 Å². The molecular formula is C16H29N5. The zero-order valence-electron chi connectivity index (χ0n) is 14.2. The molecule has 21 heavy (non-hydrogen) atoms. The minimum Gasteiger partial charge on any atom is -0.350 e. The first kappa shape index (κ1) is 16.1. The molecule has 5 nitrogen and oxygen atoms in total. The van der Waals surface area contributed by atoms with Crippen molar-refractivity contribution in [3.63, 3.8) is 0 Å². The maximum Gasteiger partial charge on any atom is 0.243 e. The molecule has 1 saturated heterocycles. The fourth-order valence-electron chi connectivity index (χ4n) is 3.61. The summed E-state index contributed by atoms with van der Waals surface area (Å²) in [6, 6.07) is 0.371. The summed E-state index contributed by atoms with van der Waals surface area (Å²) in [5, 5.41) is 15.8. The van der Waals surface area contributed by atoms with Crippen LogP contribution in [0.2, 0.25) is 0 Å². The van der Waals surface area contributed by atoms with E-state index in [1.807, 2.05) is 0 Å². The highest BCUT2D eigenvalue weighted by molar-refractivity contribution is 5.28. The molecule has 5 heteroatoms. The van der Waals surface area contributed by atoms with Gasteiger partial charge in [0.1, 0.15) is 0 Å². The molecule has 2 N–H and O–H groups in total. The molecule has 0 saturated carbocycles. The van der Waals surface area contributed by atoms with Gasteiger partial charge in [-0.2, -0.15) is 5.10 Å². The summed E-state index contributed by atoms with van der Waals surface area (Å²) in [4.78, 5) is 4.65. The van der Waals surface area contributed by atoms with Gasteiger partial charge in [0.2, 0.25) is 5.95 Å². The highest BCUT2D eigenvalue weighted by Crippen LogP contribution is 2.29. The van der Waals surface area contributed by atoms with Gasteiger partial charge in [0.15, 0.2) is 0 Å². The second-order valence-electron chi connectivity index (χ2n) is 7.38. The van der Waals surface area contributed by atoms with Crippen molar-refractivity contribution in [3.05, 3.63) is 11.4 Å². The lowest BCUT2D eigenvalue weighted by molar-refractivity contribution is 0.170. The number of rotatable bonds is 4. The zero-order valence-corrected chi connectivity index (χ0v) is 14.2. The Morgan fingerprint density at radius 1 is 1.00 bits per heavy atom.